The second kappa shape index (κ2) is 8.18. The van der Waals surface area contributed by atoms with Crippen molar-refractivity contribution in [3.63, 3.8) is 0 Å². The van der Waals surface area contributed by atoms with Crippen LogP contribution in [-0.2, 0) is 13.0 Å². The summed E-state index contributed by atoms with van der Waals surface area (Å²) in [5.74, 6) is 1.62. The van der Waals surface area contributed by atoms with Crippen LogP contribution < -0.4 is 10.5 Å². The van der Waals surface area contributed by atoms with E-state index in [0.29, 0.717) is 5.92 Å². The molecule has 0 bridgehead atoms. The molecule has 0 amide bonds. The van der Waals surface area contributed by atoms with Gasteiger partial charge in [-0.05, 0) is 44.0 Å². The normalized spacial score (nSPS) is 12.7. The minimum Gasteiger partial charge on any atom is -0.496 e. The van der Waals surface area contributed by atoms with Crippen LogP contribution >= 0.6 is 0 Å². The molecule has 108 valence electrons. The van der Waals surface area contributed by atoms with Crippen molar-refractivity contribution >= 4 is 0 Å². The van der Waals surface area contributed by atoms with Gasteiger partial charge in [0, 0.05) is 18.7 Å². The standard InChI is InChI=1S/C16H28N2O/c1-5-14-6-7-16(19-4)15(10-14)12-18(3)11-13(2)8-9-17/h6-7,10,13H,5,8-9,11-12,17H2,1-4H3. The highest BCUT2D eigenvalue weighted by atomic mass is 16.5. The highest BCUT2D eigenvalue weighted by molar-refractivity contribution is 5.37. The Bertz CT molecular complexity index is 379. The van der Waals surface area contributed by atoms with Crippen LogP contribution in [0.2, 0.25) is 0 Å². The van der Waals surface area contributed by atoms with E-state index in [2.05, 4.69) is 44.0 Å². The van der Waals surface area contributed by atoms with Crippen LogP contribution in [0.4, 0.5) is 0 Å². The third-order valence-electron chi connectivity index (χ3n) is 3.48. The maximum atomic E-state index is 5.60. The summed E-state index contributed by atoms with van der Waals surface area (Å²) in [6, 6.07) is 6.47. The van der Waals surface area contributed by atoms with Gasteiger partial charge < -0.3 is 15.4 Å². The molecule has 0 spiro atoms. The van der Waals surface area contributed by atoms with Crippen molar-refractivity contribution in [3.05, 3.63) is 29.3 Å². The van der Waals surface area contributed by atoms with Crippen molar-refractivity contribution in [3.8, 4) is 5.75 Å². The first-order valence-corrected chi connectivity index (χ1v) is 7.15. The highest BCUT2D eigenvalue weighted by Gasteiger charge is 2.10. The van der Waals surface area contributed by atoms with Crippen LogP contribution in [0.5, 0.6) is 5.75 Å². The summed E-state index contributed by atoms with van der Waals surface area (Å²) in [7, 11) is 3.90. The monoisotopic (exact) mass is 264 g/mol. The lowest BCUT2D eigenvalue weighted by Gasteiger charge is -2.22. The molecule has 2 N–H and O–H groups in total. The van der Waals surface area contributed by atoms with Gasteiger partial charge in [-0.25, -0.2) is 0 Å². The van der Waals surface area contributed by atoms with Crippen LogP contribution in [0.3, 0.4) is 0 Å². The first-order chi connectivity index (χ1) is 9.10. The molecule has 1 rings (SSSR count). The van der Waals surface area contributed by atoms with Crippen LogP contribution in [0.1, 0.15) is 31.4 Å². The summed E-state index contributed by atoms with van der Waals surface area (Å²) in [5, 5.41) is 0. The molecule has 3 heteroatoms. The van der Waals surface area contributed by atoms with E-state index in [1.165, 1.54) is 11.1 Å². The Labute approximate surface area is 117 Å². The molecule has 19 heavy (non-hydrogen) atoms. The third-order valence-corrected chi connectivity index (χ3v) is 3.48. The predicted octanol–water partition coefficient (Wildman–Crippen LogP) is 2.67. The largest absolute Gasteiger partial charge is 0.496 e. The number of rotatable bonds is 8. The summed E-state index contributed by atoms with van der Waals surface area (Å²) in [5.41, 5.74) is 8.23. The number of methoxy groups -OCH3 is 1. The molecule has 0 saturated carbocycles. The fraction of sp³-hybridized carbons (Fsp3) is 0.625. The van der Waals surface area contributed by atoms with E-state index in [-0.39, 0.29) is 0 Å². The molecule has 0 aromatic heterocycles. The first-order valence-electron chi connectivity index (χ1n) is 7.15. The van der Waals surface area contributed by atoms with Gasteiger partial charge in [0.1, 0.15) is 5.75 Å². The SMILES string of the molecule is CCc1ccc(OC)c(CN(C)CC(C)CCN)c1. The molecule has 0 aliphatic carbocycles. The fourth-order valence-electron chi connectivity index (χ4n) is 2.44. The minimum atomic E-state index is 0.635. The molecule has 0 aliphatic rings. The Balaban J connectivity index is 2.68. The Morgan fingerprint density at radius 2 is 2.11 bits per heavy atom. The molecule has 0 heterocycles. The quantitative estimate of drug-likeness (QED) is 0.784. The molecule has 0 fully saturated rings. The topological polar surface area (TPSA) is 38.5 Å². The lowest BCUT2D eigenvalue weighted by atomic mass is 10.1. The zero-order valence-corrected chi connectivity index (χ0v) is 12.8. The Morgan fingerprint density at radius 3 is 2.68 bits per heavy atom. The lowest BCUT2D eigenvalue weighted by molar-refractivity contribution is 0.268. The number of ether oxygens (including phenoxy) is 1. The molecular weight excluding hydrogens is 236 g/mol. The Kier molecular flexibility index (Phi) is 6.89. The second-order valence-corrected chi connectivity index (χ2v) is 5.38. The number of hydrogen-bond acceptors (Lipinski definition) is 3. The van der Waals surface area contributed by atoms with Crippen LogP contribution in [-0.4, -0.2) is 32.1 Å². The van der Waals surface area contributed by atoms with Crippen LogP contribution in [0.15, 0.2) is 18.2 Å². The van der Waals surface area contributed by atoms with E-state index in [9.17, 15) is 0 Å². The van der Waals surface area contributed by atoms with Gasteiger partial charge in [-0.1, -0.05) is 26.0 Å². The van der Waals surface area contributed by atoms with Crippen molar-refractivity contribution in [1.82, 2.24) is 4.90 Å². The molecule has 1 unspecified atom stereocenters. The number of nitrogens with zero attached hydrogens (tertiary/aromatic N) is 1. The van der Waals surface area contributed by atoms with Gasteiger partial charge in [0.2, 0.25) is 0 Å². The number of hydrogen-bond donors (Lipinski definition) is 1. The van der Waals surface area contributed by atoms with Crippen molar-refractivity contribution in [2.75, 3.05) is 27.2 Å². The maximum absolute atomic E-state index is 5.60. The van der Waals surface area contributed by atoms with E-state index in [0.717, 1.165) is 38.2 Å². The van der Waals surface area contributed by atoms with Gasteiger partial charge in [0.15, 0.2) is 0 Å². The Hall–Kier alpha value is -1.06. The van der Waals surface area contributed by atoms with Gasteiger partial charge in [0.05, 0.1) is 7.11 Å². The van der Waals surface area contributed by atoms with E-state index in [1.54, 1.807) is 7.11 Å². The maximum Gasteiger partial charge on any atom is 0.123 e. The van der Waals surface area contributed by atoms with Crippen LogP contribution in [0, 0.1) is 5.92 Å². The minimum absolute atomic E-state index is 0.635. The molecule has 1 aromatic carbocycles. The fourth-order valence-corrected chi connectivity index (χ4v) is 2.44. The number of aryl methyl sites for hydroxylation is 1. The highest BCUT2D eigenvalue weighted by Crippen LogP contribution is 2.22. The zero-order valence-electron chi connectivity index (χ0n) is 12.8. The number of nitrogens with two attached hydrogens (primary N) is 1. The average molecular weight is 264 g/mol. The van der Waals surface area contributed by atoms with Gasteiger partial charge in [-0.3, -0.25) is 0 Å². The molecular formula is C16H28N2O. The summed E-state index contributed by atoms with van der Waals surface area (Å²) in [4.78, 5) is 2.34. The van der Waals surface area contributed by atoms with Gasteiger partial charge in [-0.15, -0.1) is 0 Å². The summed E-state index contributed by atoms with van der Waals surface area (Å²) >= 11 is 0. The van der Waals surface area contributed by atoms with Crippen LogP contribution in [0.25, 0.3) is 0 Å². The van der Waals surface area contributed by atoms with Gasteiger partial charge in [-0.2, -0.15) is 0 Å². The summed E-state index contributed by atoms with van der Waals surface area (Å²) < 4.78 is 5.45. The second-order valence-electron chi connectivity index (χ2n) is 5.38. The van der Waals surface area contributed by atoms with Crippen molar-refractivity contribution < 1.29 is 4.74 Å². The van der Waals surface area contributed by atoms with E-state index < -0.39 is 0 Å². The lowest BCUT2D eigenvalue weighted by Crippen LogP contribution is -2.25. The Morgan fingerprint density at radius 1 is 1.37 bits per heavy atom. The molecule has 1 aromatic rings. The van der Waals surface area contributed by atoms with Crippen molar-refractivity contribution in [2.24, 2.45) is 11.7 Å². The summed E-state index contributed by atoms with van der Waals surface area (Å²) in [6.45, 7) is 7.19. The average Bonchev–Trinajstić information content (AvgIpc) is 2.38. The van der Waals surface area contributed by atoms with Gasteiger partial charge >= 0.3 is 0 Å². The predicted molar refractivity (Wildman–Crippen MR) is 81.5 cm³/mol. The van der Waals surface area contributed by atoms with E-state index >= 15 is 0 Å². The molecule has 0 aliphatic heterocycles. The number of benzene rings is 1. The first kappa shape index (κ1) is 16.0. The van der Waals surface area contributed by atoms with Gasteiger partial charge in [0.25, 0.3) is 0 Å². The van der Waals surface area contributed by atoms with E-state index in [4.69, 9.17) is 10.5 Å². The molecule has 1 atom stereocenters. The smallest absolute Gasteiger partial charge is 0.123 e. The van der Waals surface area contributed by atoms with Crippen molar-refractivity contribution in [2.45, 2.75) is 33.2 Å². The van der Waals surface area contributed by atoms with E-state index in [1.807, 2.05) is 0 Å². The summed E-state index contributed by atoms with van der Waals surface area (Å²) in [6.07, 6.45) is 2.14. The third kappa shape index (κ3) is 5.21. The molecule has 3 nitrogen and oxygen atoms in total. The zero-order chi connectivity index (χ0) is 14.3. The van der Waals surface area contributed by atoms with Crippen molar-refractivity contribution in [1.29, 1.82) is 0 Å². The molecule has 0 radical (unpaired) electrons. The molecule has 0 saturated heterocycles.